The molecule has 2 N–H and O–H groups in total. The average molecular weight is 234 g/mol. The zero-order chi connectivity index (χ0) is 12.9. The van der Waals surface area contributed by atoms with Crippen molar-refractivity contribution < 1.29 is 4.74 Å². The lowest BCUT2D eigenvalue weighted by Crippen LogP contribution is -2.28. The Balaban J connectivity index is 2.75. The first-order chi connectivity index (χ1) is 7.93. The van der Waals surface area contributed by atoms with Crippen LogP contribution in [0.15, 0.2) is 29.3 Å². The maximum Gasteiger partial charge on any atom is 0.119 e. The Morgan fingerprint density at radius 2 is 1.82 bits per heavy atom. The van der Waals surface area contributed by atoms with E-state index in [1.165, 1.54) is 0 Å². The molecule has 0 saturated carbocycles. The highest BCUT2D eigenvalue weighted by molar-refractivity contribution is 5.87. The minimum absolute atomic E-state index is 0.0998. The molecule has 1 aromatic rings. The number of rotatable bonds is 4. The summed E-state index contributed by atoms with van der Waals surface area (Å²) >= 11 is 0. The fourth-order valence-electron chi connectivity index (χ4n) is 1.14. The third-order valence-corrected chi connectivity index (χ3v) is 2.33. The number of nitrogens with two attached hydrogens (primary N) is 1. The quantitative estimate of drug-likeness (QED) is 0.640. The van der Waals surface area contributed by atoms with E-state index >= 15 is 0 Å². The van der Waals surface area contributed by atoms with Crippen molar-refractivity contribution in [2.45, 2.75) is 34.1 Å². The van der Waals surface area contributed by atoms with Crippen molar-refractivity contribution >= 4 is 11.5 Å². The average Bonchev–Trinajstić information content (AvgIpc) is 2.27. The Hall–Kier alpha value is -1.51. The van der Waals surface area contributed by atoms with E-state index in [-0.39, 0.29) is 5.41 Å². The summed E-state index contributed by atoms with van der Waals surface area (Å²) in [6.45, 7) is 8.97. The summed E-state index contributed by atoms with van der Waals surface area (Å²) in [4.78, 5) is 4.39. The van der Waals surface area contributed by atoms with Crippen LogP contribution in [0.25, 0.3) is 0 Å². The zero-order valence-electron chi connectivity index (χ0n) is 11.2. The van der Waals surface area contributed by atoms with Gasteiger partial charge in [-0.2, -0.15) is 0 Å². The highest BCUT2D eigenvalue weighted by Gasteiger charge is 2.15. The fraction of sp³-hybridized carbons (Fsp3) is 0.500. The largest absolute Gasteiger partial charge is 0.494 e. The monoisotopic (exact) mass is 234 g/mol. The molecule has 1 aromatic carbocycles. The lowest BCUT2D eigenvalue weighted by molar-refractivity contribution is 0.317. The standard InChI is InChI=1S/C14H22N2O/c1-5-10-17-12-8-6-11(7-9-12)16-13(15)14(2,3)4/h6-9H,5,10H2,1-4H3,(H2,15,16). The van der Waals surface area contributed by atoms with Crippen molar-refractivity contribution in [2.75, 3.05) is 6.61 Å². The second-order valence-corrected chi connectivity index (χ2v) is 5.09. The van der Waals surface area contributed by atoms with Crippen LogP contribution in [-0.2, 0) is 0 Å². The summed E-state index contributed by atoms with van der Waals surface area (Å²) in [5.41, 5.74) is 6.68. The van der Waals surface area contributed by atoms with Crippen LogP contribution in [0.4, 0.5) is 5.69 Å². The Labute approximate surface area is 104 Å². The van der Waals surface area contributed by atoms with Gasteiger partial charge in [-0.15, -0.1) is 0 Å². The number of hydrogen-bond donors (Lipinski definition) is 1. The molecular formula is C14H22N2O. The molecule has 0 amide bonds. The van der Waals surface area contributed by atoms with E-state index in [0.29, 0.717) is 5.84 Å². The zero-order valence-corrected chi connectivity index (χ0v) is 11.2. The van der Waals surface area contributed by atoms with Gasteiger partial charge in [0.2, 0.25) is 0 Å². The highest BCUT2D eigenvalue weighted by atomic mass is 16.5. The fourth-order valence-corrected chi connectivity index (χ4v) is 1.14. The molecule has 0 aliphatic carbocycles. The Morgan fingerprint density at radius 3 is 2.29 bits per heavy atom. The topological polar surface area (TPSA) is 47.6 Å². The number of benzene rings is 1. The van der Waals surface area contributed by atoms with E-state index in [1.807, 2.05) is 45.0 Å². The second-order valence-electron chi connectivity index (χ2n) is 5.09. The maximum absolute atomic E-state index is 5.92. The SMILES string of the molecule is CCCOc1ccc(N=C(N)C(C)(C)C)cc1. The summed E-state index contributed by atoms with van der Waals surface area (Å²) in [5, 5.41) is 0. The molecule has 0 radical (unpaired) electrons. The van der Waals surface area contributed by atoms with Crippen molar-refractivity contribution in [1.82, 2.24) is 0 Å². The van der Waals surface area contributed by atoms with Crippen LogP contribution in [0, 0.1) is 5.41 Å². The summed E-state index contributed by atoms with van der Waals surface area (Å²) < 4.78 is 5.50. The van der Waals surface area contributed by atoms with Gasteiger partial charge in [0, 0.05) is 5.41 Å². The third-order valence-electron chi connectivity index (χ3n) is 2.33. The molecule has 94 valence electrons. The van der Waals surface area contributed by atoms with Crippen molar-refractivity contribution in [3.63, 3.8) is 0 Å². The van der Waals surface area contributed by atoms with Crippen molar-refractivity contribution in [2.24, 2.45) is 16.1 Å². The van der Waals surface area contributed by atoms with Gasteiger partial charge in [-0.1, -0.05) is 27.7 Å². The smallest absolute Gasteiger partial charge is 0.119 e. The summed E-state index contributed by atoms with van der Waals surface area (Å²) in [6, 6.07) is 7.68. The first-order valence-corrected chi connectivity index (χ1v) is 6.01. The van der Waals surface area contributed by atoms with Crippen LogP contribution < -0.4 is 10.5 Å². The molecule has 0 aromatic heterocycles. The maximum atomic E-state index is 5.92. The summed E-state index contributed by atoms with van der Waals surface area (Å²) in [7, 11) is 0. The Morgan fingerprint density at radius 1 is 1.24 bits per heavy atom. The van der Waals surface area contributed by atoms with Crippen molar-refractivity contribution in [3.8, 4) is 5.75 Å². The van der Waals surface area contributed by atoms with E-state index in [1.54, 1.807) is 0 Å². The molecule has 17 heavy (non-hydrogen) atoms. The molecule has 0 fully saturated rings. The number of amidine groups is 1. The van der Waals surface area contributed by atoms with Gasteiger partial charge in [-0.05, 0) is 30.7 Å². The molecule has 0 spiro atoms. The normalized spacial score (nSPS) is 12.6. The van der Waals surface area contributed by atoms with E-state index < -0.39 is 0 Å². The van der Waals surface area contributed by atoms with Crippen LogP contribution in [0.1, 0.15) is 34.1 Å². The van der Waals surface area contributed by atoms with Gasteiger partial charge in [0.15, 0.2) is 0 Å². The summed E-state index contributed by atoms with van der Waals surface area (Å²) in [5.74, 6) is 1.51. The molecule has 0 saturated heterocycles. The molecule has 0 aliphatic heterocycles. The highest BCUT2D eigenvalue weighted by Crippen LogP contribution is 2.21. The molecule has 0 bridgehead atoms. The predicted octanol–water partition coefficient (Wildman–Crippen LogP) is 3.51. The van der Waals surface area contributed by atoms with Crippen molar-refractivity contribution in [1.29, 1.82) is 0 Å². The van der Waals surface area contributed by atoms with Gasteiger partial charge in [0.05, 0.1) is 12.3 Å². The molecule has 1 rings (SSSR count). The van der Waals surface area contributed by atoms with Gasteiger partial charge < -0.3 is 10.5 Å². The van der Waals surface area contributed by atoms with Crippen LogP contribution >= 0.6 is 0 Å². The Kier molecular flexibility index (Phi) is 4.55. The first kappa shape index (κ1) is 13.6. The molecule has 3 heteroatoms. The van der Waals surface area contributed by atoms with Gasteiger partial charge in [0.25, 0.3) is 0 Å². The Bertz CT molecular complexity index is 374. The first-order valence-electron chi connectivity index (χ1n) is 6.01. The molecule has 0 atom stereocenters. The number of nitrogens with zero attached hydrogens (tertiary/aromatic N) is 1. The van der Waals surface area contributed by atoms with E-state index in [4.69, 9.17) is 10.5 Å². The van der Waals surface area contributed by atoms with Gasteiger partial charge >= 0.3 is 0 Å². The second kappa shape index (κ2) is 5.71. The number of ether oxygens (including phenoxy) is 1. The third kappa shape index (κ3) is 4.47. The molecular weight excluding hydrogens is 212 g/mol. The molecule has 0 unspecified atom stereocenters. The van der Waals surface area contributed by atoms with E-state index in [2.05, 4.69) is 11.9 Å². The predicted molar refractivity (Wildman–Crippen MR) is 73.0 cm³/mol. The molecule has 3 nitrogen and oxygen atoms in total. The van der Waals surface area contributed by atoms with Crippen LogP contribution in [0.2, 0.25) is 0 Å². The minimum atomic E-state index is -0.0998. The minimum Gasteiger partial charge on any atom is -0.494 e. The van der Waals surface area contributed by atoms with Gasteiger partial charge in [-0.3, -0.25) is 0 Å². The van der Waals surface area contributed by atoms with Crippen LogP contribution in [0.5, 0.6) is 5.75 Å². The lowest BCUT2D eigenvalue weighted by Gasteiger charge is -2.17. The van der Waals surface area contributed by atoms with E-state index in [9.17, 15) is 0 Å². The molecule has 0 heterocycles. The van der Waals surface area contributed by atoms with Crippen LogP contribution in [-0.4, -0.2) is 12.4 Å². The molecule has 0 aliphatic rings. The van der Waals surface area contributed by atoms with E-state index in [0.717, 1.165) is 24.5 Å². The van der Waals surface area contributed by atoms with Gasteiger partial charge in [0.1, 0.15) is 11.6 Å². The number of hydrogen-bond acceptors (Lipinski definition) is 2. The summed E-state index contributed by atoms with van der Waals surface area (Å²) in [6.07, 6.45) is 1.01. The number of aliphatic imine (C=N–C) groups is 1. The van der Waals surface area contributed by atoms with Gasteiger partial charge in [-0.25, -0.2) is 4.99 Å². The van der Waals surface area contributed by atoms with Crippen LogP contribution in [0.3, 0.4) is 0 Å². The lowest BCUT2D eigenvalue weighted by atomic mass is 9.95. The van der Waals surface area contributed by atoms with Crippen molar-refractivity contribution in [3.05, 3.63) is 24.3 Å².